The van der Waals surface area contributed by atoms with E-state index in [0.29, 0.717) is 23.7 Å². The van der Waals surface area contributed by atoms with Crippen molar-refractivity contribution in [3.8, 4) is 0 Å². The van der Waals surface area contributed by atoms with E-state index >= 15 is 0 Å². The number of hydrogen-bond donors (Lipinski definition) is 0. The van der Waals surface area contributed by atoms with Crippen LogP contribution in [0.5, 0.6) is 0 Å². The van der Waals surface area contributed by atoms with E-state index in [9.17, 15) is 9.59 Å². The molecule has 0 radical (unpaired) electrons. The summed E-state index contributed by atoms with van der Waals surface area (Å²) in [4.78, 5) is 27.3. The zero-order valence-corrected chi connectivity index (χ0v) is 26.2. The van der Waals surface area contributed by atoms with E-state index < -0.39 is 32.7 Å². The Morgan fingerprint density at radius 1 is 0.750 bits per heavy atom. The van der Waals surface area contributed by atoms with Crippen molar-refractivity contribution in [3.63, 3.8) is 0 Å². The van der Waals surface area contributed by atoms with Crippen LogP contribution in [-0.4, -0.2) is 36.4 Å². The van der Waals surface area contributed by atoms with E-state index in [1.807, 2.05) is 37.3 Å². The zero-order chi connectivity index (χ0) is 29.0. The second-order valence-electron chi connectivity index (χ2n) is 13.0. The standard InChI is InChI=1S/C32H49O7P/c1-19(2)25-15-13-21(5)17-27(25)35-31(33)29-30(32(34)36-28-18-22(6)14-16-26(28)20(3)4)39-40(38-29)37-23(7)24-11-9-8-10-12-24/h8-12,19-23,25-30H,13-18H2,1-7H3/t21-,22-,23+,25+,26+,27-,28-,29-,30-/m0/s1. The molecule has 3 aliphatic rings. The van der Waals surface area contributed by atoms with Gasteiger partial charge < -0.3 is 14.0 Å². The van der Waals surface area contributed by atoms with Crippen molar-refractivity contribution in [1.29, 1.82) is 0 Å². The highest BCUT2D eigenvalue weighted by Crippen LogP contribution is 2.53. The molecule has 2 aliphatic carbocycles. The molecule has 1 aromatic rings. The third-order valence-electron chi connectivity index (χ3n) is 9.11. The van der Waals surface area contributed by atoms with Gasteiger partial charge in [0.25, 0.3) is 0 Å². The quantitative estimate of drug-likeness (QED) is 0.219. The number of rotatable bonds is 9. The zero-order valence-electron chi connectivity index (χ0n) is 25.3. The van der Waals surface area contributed by atoms with Crippen LogP contribution in [0.25, 0.3) is 0 Å². The molecule has 224 valence electrons. The highest BCUT2D eigenvalue weighted by Gasteiger charge is 2.51. The first kappa shape index (κ1) is 31.4. The molecule has 2 saturated carbocycles. The van der Waals surface area contributed by atoms with Crippen molar-refractivity contribution in [2.75, 3.05) is 0 Å². The van der Waals surface area contributed by atoms with Crippen molar-refractivity contribution < 1.29 is 32.6 Å². The fourth-order valence-corrected chi connectivity index (χ4v) is 7.84. The maximum absolute atomic E-state index is 13.6. The predicted molar refractivity (Wildman–Crippen MR) is 155 cm³/mol. The van der Waals surface area contributed by atoms with Crippen LogP contribution < -0.4 is 0 Å². The van der Waals surface area contributed by atoms with Gasteiger partial charge in [0.15, 0.2) is 0 Å². The maximum Gasteiger partial charge on any atom is 0.339 e. The van der Waals surface area contributed by atoms with Gasteiger partial charge >= 0.3 is 20.5 Å². The van der Waals surface area contributed by atoms with Gasteiger partial charge in [-0.3, -0.25) is 9.05 Å². The van der Waals surface area contributed by atoms with Crippen LogP contribution in [0, 0.1) is 35.5 Å². The molecule has 0 unspecified atom stereocenters. The second-order valence-corrected chi connectivity index (χ2v) is 14.1. The summed E-state index contributed by atoms with van der Waals surface area (Å²) < 4.78 is 30.4. The summed E-state index contributed by atoms with van der Waals surface area (Å²) in [5.41, 5.74) is 0.953. The van der Waals surface area contributed by atoms with Gasteiger partial charge in [0.05, 0.1) is 6.10 Å². The van der Waals surface area contributed by atoms with Crippen LogP contribution in [0.15, 0.2) is 30.3 Å². The maximum atomic E-state index is 13.6. The van der Waals surface area contributed by atoms with Crippen molar-refractivity contribution in [1.82, 2.24) is 0 Å². The highest BCUT2D eigenvalue weighted by atomic mass is 31.2. The molecule has 0 amide bonds. The minimum atomic E-state index is -1.96. The first-order chi connectivity index (χ1) is 19.0. The molecule has 1 saturated heterocycles. The second kappa shape index (κ2) is 14.1. The molecule has 1 aliphatic heterocycles. The van der Waals surface area contributed by atoms with Crippen LogP contribution in [-0.2, 0) is 32.6 Å². The number of carbonyl (C=O) groups excluding carboxylic acids is 2. The number of benzene rings is 1. The molecule has 40 heavy (non-hydrogen) atoms. The Labute approximate surface area is 242 Å². The summed E-state index contributed by atoms with van der Waals surface area (Å²) in [5.74, 6) is 1.15. The van der Waals surface area contributed by atoms with Crippen molar-refractivity contribution in [2.45, 2.75) is 118 Å². The van der Waals surface area contributed by atoms with Crippen LogP contribution in [0.2, 0.25) is 0 Å². The first-order valence-electron chi connectivity index (χ1n) is 15.3. The van der Waals surface area contributed by atoms with Gasteiger partial charge in [0.1, 0.15) is 12.2 Å². The molecule has 1 heterocycles. The van der Waals surface area contributed by atoms with Gasteiger partial charge in [-0.1, -0.05) is 84.7 Å². The molecule has 8 heteroatoms. The van der Waals surface area contributed by atoms with Gasteiger partial charge in [-0.15, -0.1) is 0 Å². The molecule has 1 aromatic carbocycles. The molecule has 0 N–H and O–H groups in total. The molecule has 0 spiro atoms. The number of ether oxygens (including phenoxy) is 2. The molecule has 9 atom stereocenters. The molecule has 7 nitrogen and oxygen atoms in total. The van der Waals surface area contributed by atoms with E-state index in [4.69, 9.17) is 23.0 Å². The molecular weight excluding hydrogens is 527 g/mol. The number of esters is 2. The highest BCUT2D eigenvalue weighted by molar-refractivity contribution is 7.42. The Balaban J connectivity index is 1.50. The average Bonchev–Trinajstić information content (AvgIpc) is 3.33. The fourth-order valence-electron chi connectivity index (χ4n) is 6.55. The predicted octanol–water partition coefficient (Wildman–Crippen LogP) is 7.78. The molecule has 4 rings (SSSR count). The van der Waals surface area contributed by atoms with Crippen molar-refractivity contribution in [3.05, 3.63) is 35.9 Å². The smallest absolute Gasteiger partial charge is 0.339 e. The lowest BCUT2D eigenvalue weighted by atomic mass is 9.75. The summed E-state index contributed by atoms with van der Waals surface area (Å²) in [6, 6.07) is 9.73. The van der Waals surface area contributed by atoms with Crippen LogP contribution in [0.1, 0.15) is 98.7 Å². The van der Waals surface area contributed by atoms with Gasteiger partial charge in [0.2, 0.25) is 12.2 Å². The summed E-state index contributed by atoms with van der Waals surface area (Å²) in [6.45, 7) is 15.0. The summed E-state index contributed by atoms with van der Waals surface area (Å²) in [6.07, 6.45) is 2.71. The van der Waals surface area contributed by atoms with Gasteiger partial charge in [-0.2, -0.15) is 0 Å². The van der Waals surface area contributed by atoms with Gasteiger partial charge in [-0.05, 0) is 73.7 Å². The molecular formula is C32H49O7P. The minimum Gasteiger partial charge on any atom is -0.460 e. The van der Waals surface area contributed by atoms with E-state index in [1.54, 1.807) is 0 Å². The lowest BCUT2D eigenvalue weighted by molar-refractivity contribution is -0.176. The Hall–Kier alpha value is -1.53. The SMILES string of the molecule is CC(C)[C@H]1CC[C@H](C)C[C@@H]1OC(=O)[C@H]1OP(O[C@H](C)c2ccccc2)O[C@@H]1C(=O)O[C@H]1C[C@@H](C)CC[C@@H]1C(C)C. The molecule has 0 aromatic heterocycles. The summed E-state index contributed by atoms with van der Waals surface area (Å²) in [5, 5.41) is 0. The third-order valence-corrected chi connectivity index (χ3v) is 10.4. The molecule has 0 bridgehead atoms. The lowest BCUT2D eigenvalue weighted by Gasteiger charge is -2.37. The Bertz CT molecular complexity index is 915. The Morgan fingerprint density at radius 3 is 1.62 bits per heavy atom. The topological polar surface area (TPSA) is 80.3 Å². The van der Waals surface area contributed by atoms with E-state index in [1.165, 1.54) is 0 Å². The van der Waals surface area contributed by atoms with E-state index in [0.717, 1.165) is 44.1 Å². The normalized spacial score (nSPS) is 34.1. The van der Waals surface area contributed by atoms with Crippen LogP contribution >= 0.6 is 8.60 Å². The average molecular weight is 577 g/mol. The van der Waals surface area contributed by atoms with Gasteiger partial charge in [0, 0.05) is 0 Å². The van der Waals surface area contributed by atoms with E-state index in [-0.39, 0.29) is 30.1 Å². The number of hydrogen-bond acceptors (Lipinski definition) is 7. The van der Waals surface area contributed by atoms with Gasteiger partial charge in [-0.25, -0.2) is 9.59 Å². The Morgan fingerprint density at radius 2 is 1.20 bits per heavy atom. The van der Waals surface area contributed by atoms with E-state index in [2.05, 4.69) is 41.5 Å². The van der Waals surface area contributed by atoms with Crippen molar-refractivity contribution in [2.24, 2.45) is 35.5 Å². The minimum absolute atomic E-state index is 0.211. The fraction of sp³-hybridized carbons (Fsp3) is 0.750. The molecule has 3 fully saturated rings. The summed E-state index contributed by atoms with van der Waals surface area (Å²) in [7, 11) is -1.96. The summed E-state index contributed by atoms with van der Waals surface area (Å²) >= 11 is 0. The first-order valence-corrected chi connectivity index (χ1v) is 16.4. The Kier molecular flexibility index (Phi) is 11.1. The number of carbonyl (C=O) groups is 2. The van der Waals surface area contributed by atoms with Crippen molar-refractivity contribution >= 4 is 20.5 Å². The lowest BCUT2D eigenvalue weighted by Crippen LogP contribution is -2.45. The largest absolute Gasteiger partial charge is 0.460 e. The van der Waals surface area contributed by atoms with Crippen LogP contribution in [0.3, 0.4) is 0 Å². The monoisotopic (exact) mass is 576 g/mol. The van der Waals surface area contributed by atoms with Crippen LogP contribution in [0.4, 0.5) is 0 Å². The third kappa shape index (κ3) is 7.85.